The van der Waals surface area contributed by atoms with Crippen LogP contribution >= 0.6 is 11.6 Å². The molecule has 3 aromatic heterocycles. The third-order valence-corrected chi connectivity index (χ3v) is 8.25. The Balaban J connectivity index is 1.15. The van der Waals surface area contributed by atoms with Gasteiger partial charge in [-0.3, -0.25) is 18.9 Å². The predicted molar refractivity (Wildman–Crippen MR) is 155 cm³/mol. The van der Waals surface area contributed by atoms with Gasteiger partial charge in [0.2, 0.25) is 0 Å². The first-order valence-corrected chi connectivity index (χ1v) is 14.3. The lowest BCUT2D eigenvalue weighted by molar-refractivity contribution is 0.0919. The number of fused-ring (bicyclic) bond motifs is 1. The molecular weight excluding hydrogens is 528 g/mol. The molecule has 0 spiro atoms. The molecule has 0 unspecified atom stereocenters. The molecule has 10 heteroatoms. The van der Waals surface area contributed by atoms with Crippen LogP contribution in [-0.4, -0.2) is 50.3 Å². The average Bonchev–Trinajstić information content (AvgIpc) is 3.57. The maximum Gasteiger partial charge on any atom is 0.333 e. The van der Waals surface area contributed by atoms with E-state index in [9.17, 15) is 9.59 Å². The first-order valence-electron chi connectivity index (χ1n) is 13.9. The van der Waals surface area contributed by atoms with Crippen molar-refractivity contribution in [1.82, 2.24) is 24.4 Å². The molecule has 1 aromatic carbocycles. The Hall–Kier alpha value is -3.69. The molecular formula is C30H33ClN6O3. The second-order valence-corrected chi connectivity index (χ2v) is 11.2. The van der Waals surface area contributed by atoms with Crippen molar-refractivity contribution in [2.75, 3.05) is 18.5 Å². The van der Waals surface area contributed by atoms with Crippen LogP contribution in [0.15, 0.2) is 59.7 Å². The molecule has 4 aromatic rings. The van der Waals surface area contributed by atoms with Crippen LogP contribution in [0, 0.1) is 12.8 Å². The van der Waals surface area contributed by atoms with Gasteiger partial charge in [0, 0.05) is 25.4 Å². The SMILES string of the molecule is Cc1ncc(Cl)cc1C(=O)N[C@H]1CC[C@H](Cn2c(=O)n(-c3ccc(N[C@@H]4CCOC4)nc3)c3ccccc32)CC1. The van der Waals surface area contributed by atoms with E-state index in [0.717, 1.165) is 61.2 Å². The van der Waals surface area contributed by atoms with Gasteiger partial charge in [-0.05, 0) is 75.3 Å². The Labute approximate surface area is 237 Å². The van der Waals surface area contributed by atoms with Crippen molar-refractivity contribution >= 4 is 34.4 Å². The summed E-state index contributed by atoms with van der Waals surface area (Å²) in [6, 6.07) is 13.8. The van der Waals surface area contributed by atoms with E-state index >= 15 is 0 Å². The number of hydrogen-bond donors (Lipinski definition) is 2. The lowest BCUT2D eigenvalue weighted by atomic mass is 9.85. The number of hydrogen-bond acceptors (Lipinski definition) is 6. The molecule has 1 amide bonds. The van der Waals surface area contributed by atoms with Crippen molar-refractivity contribution in [3.05, 3.63) is 81.6 Å². The number of nitrogens with one attached hydrogen (secondary N) is 2. The molecule has 40 heavy (non-hydrogen) atoms. The first kappa shape index (κ1) is 26.5. The number of imidazole rings is 1. The number of pyridine rings is 2. The molecule has 2 N–H and O–H groups in total. The molecule has 9 nitrogen and oxygen atoms in total. The Morgan fingerprint density at radius 1 is 1.02 bits per heavy atom. The molecule has 4 heterocycles. The smallest absolute Gasteiger partial charge is 0.333 e. The number of rotatable bonds is 7. The van der Waals surface area contributed by atoms with Crippen LogP contribution in [0.1, 0.15) is 48.2 Å². The third-order valence-electron chi connectivity index (χ3n) is 8.04. The fourth-order valence-electron chi connectivity index (χ4n) is 5.84. The molecule has 2 aliphatic rings. The highest BCUT2D eigenvalue weighted by Gasteiger charge is 2.26. The zero-order valence-electron chi connectivity index (χ0n) is 22.5. The van der Waals surface area contributed by atoms with Crippen molar-refractivity contribution < 1.29 is 9.53 Å². The summed E-state index contributed by atoms with van der Waals surface area (Å²) in [7, 11) is 0. The highest BCUT2D eigenvalue weighted by atomic mass is 35.5. The highest BCUT2D eigenvalue weighted by Crippen LogP contribution is 2.28. The number of halogens is 1. The number of nitrogens with zero attached hydrogens (tertiary/aromatic N) is 4. The third kappa shape index (κ3) is 5.48. The van der Waals surface area contributed by atoms with Crippen molar-refractivity contribution in [3.63, 3.8) is 0 Å². The van der Waals surface area contributed by atoms with Crippen LogP contribution in [0.5, 0.6) is 0 Å². The number of benzene rings is 1. The van der Waals surface area contributed by atoms with E-state index in [-0.39, 0.29) is 23.7 Å². The van der Waals surface area contributed by atoms with Gasteiger partial charge in [0.1, 0.15) is 5.82 Å². The number of carbonyl (C=O) groups is 1. The van der Waals surface area contributed by atoms with Gasteiger partial charge in [0.15, 0.2) is 0 Å². The summed E-state index contributed by atoms with van der Waals surface area (Å²) in [5.41, 5.74) is 3.64. The van der Waals surface area contributed by atoms with Crippen LogP contribution in [-0.2, 0) is 11.3 Å². The van der Waals surface area contributed by atoms with Crippen LogP contribution < -0.4 is 16.3 Å². The average molecular weight is 561 g/mol. The van der Waals surface area contributed by atoms with Crippen LogP contribution in [0.2, 0.25) is 5.02 Å². The van der Waals surface area contributed by atoms with Gasteiger partial charge in [-0.2, -0.15) is 0 Å². The Morgan fingerprint density at radius 3 is 2.55 bits per heavy atom. The summed E-state index contributed by atoms with van der Waals surface area (Å²) >= 11 is 6.05. The van der Waals surface area contributed by atoms with Gasteiger partial charge in [0.25, 0.3) is 5.91 Å². The Bertz CT molecular complexity index is 1570. The summed E-state index contributed by atoms with van der Waals surface area (Å²) < 4.78 is 9.08. The second kappa shape index (κ2) is 11.4. The van der Waals surface area contributed by atoms with Gasteiger partial charge < -0.3 is 15.4 Å². The minimum Gasteiger partial charge on any atom is -0.379 e. The number of carbonyl (C=O) groups excluding carboxylic acids is 1. The summed E-state index contributed by atoms with van der Waals surface area (Å²) in [4.78, 5) is 35.3. The van der Waals surface area contributed by atoms with Gasteiger partial charge in [0.05, 0.1) is 51.8 Å². The number of aromatic nitrogens is 4. The van der Waals surface area contributed by atoms with Gasteiger partial charge in [-0.25, -0.2) is 9.78 Å². The molecule has 6 rings (SSSR count). The van der Waals surface area contributed by atoms with E-state index in [0.29, 0.717) is 35.3 Å². The zero-order valence-corrected chi connectivity index (χ0v) is 23.2. The molecule has 1 saturated carbocycles. The molecule has 208 valence electrons. The van der Waals surface area contributed by atoms with Gasteiger partial charge >= 0.3 is 5.69 Å². The van der Waals surface area contributed by atoms with E-state index in [2.05, 4.69) is 20.6 Å². The molecule has 1 aliphatic carbocycles. The standard InChI is InChI=1S/C30H33ClN6O3/c1-19-25(14-21(31)15-32-19)29(38)35-22-8-6-20(7-9-22)17-36-26-4-2-3-5-27(26)37(30(36)39)24-10-11-28(33-16-24)34-23-12-13-40-18-23/h2-5,10-11,14-16,20,22-23H,6-9,12-13,17-18H2,1H3,(H,33,34)(H,35,38)/t20-,22-,23-/m1/s1. The number of aryl methyl sites for hydroxylation is 1. The lowest BCUT2D eigenvalue weighted by Gasteiger charge is -2.29. The summed E-state index contributed by atoms with van der Waals surface area (Å²) in [5, 5.41) is 7.00. The van der Waals surface area contributed by atoms with Crippen molar-refractivity contribution in [2.45, 2.75) is 57.7 Å². The molecule has 2 fully saturated rings. The zero-order chi connectivity index (χ0) is 27.6. The molecule has 0 bridgehead atoms. The minimum atomic E-state index is -0.137. The normalized spacial score (nSPS) is 21.0. The number of para-hydroxylation sites is 2. The fraction of sp³-hybridized carbons (Fsp3) is 0.400. The lowest BCUT2D eigenvalue weighted by Crippen LogP contribution is -2.39. The maximum atomic E-state index is 13.7. The molecule has 1 saturated heterocycles. The van der Waals surface area contributed by atoms with Crippen molar-refractivity contribution in [3.8, 4) is 5.69 Å². The van der Waals surface area contributed by atoms with Crippen LogP contribution in [0.4, 0.5) is 5.82 Å². The van der Waals surface area contributed by atoms with Gasteiger partial charge in [-0.15, -0.1) is 0 Å². The molecule has 1 aliphatic heterocycles. The van der Waals surface area contributed by atoms with E-state index in [4.69, 9.17) is 16.3 Å². The Kier molecular flexibility index (Phi) is 7.58. The molecule has 0 radical (unpaired) electrons. The minimum absolute atomic E-state index is 0.0627. The monoisotopic (exact) mass is 560 g/mol. The fourth-order valence-corrected chi connectivity index (χ4v) is 6.00. The molecule has 1 atom stereocenters. The summed E-state index contributed by atoms with van der Waals surface area (Å²) in [6.07, 6.45) is 7.84. The largest absolute Gasteiger partial charge is 0.379 e. The quantitative estimate of drug-likeness (QED) is 0.339. The van der Waals surface area contributed by atoms with E-state index < -0.39 is 0 Å². The van der Waals surface area contributed by atoms with Crippen molar-refractivity contribution in [1.29, 1.82) is 0 Å². The number of ether oxygens (including phenoxy) is 1. The first-order chi connectivity index (χ1) is 19.5. The highest BCUT2D eigenvalue weighted by molar-refractivity contribution is 6.30. The summed E-state index contributed by atoms with van der Waals surface area (Å²) in [5.74, 6) is 0.987. The maximum absolute atomic E-state index is 13.7. The predicted octanol–water partition coefficient (Wildman–Crippen LogP) is 4.73. The Morgan fingerprint density at radius 2 is 1.82 bits per heavy atom. The number of amides is 1. The topological polar surface area (TPSA) is 103 Å². The van der Waals surface area contributed by atoms with Crippen LogP contribution in [0.3, 0.4) is 0 Å². The van der Waals surface area contributed by atoms with Gasteiger partial charge in [-0.1, -0.05) is 23.7 Å². The van der Waals surface area contributed by atoms with E-state index in [1.165, 1.54) is 0 Å². The van der Waals surface area contributed by atoms with Crippen LogP contribution in [0.25, 0.3) is 16.7 Å². The second-order valence-electron chi connectivity index (χ2n) is 10.8. The van der Waals surface area contributed by atoms with E-state index in [1.54, 1.807) is 23.0 Å². The van der Waals surface area contributed by atoms with Crippen molar-refractivity contribution in [2.24, 2.45) is 5.92 Å². The van der Waals surface area contributed by atoms with E-state index in [1.807, 2.05) is 47.9 Å². The summed E-state index contributed by atoms with van der Waals surface area (Å²) in [6.45, 7) is 3.90. The number of anilines is 1.